The molecule has 0 aromatic heterocycles. The normalized spacial score (nSPS) is 24.1. The largest absolute Gasteiger partial charge is 0.381 e. The maximum atomic E-state index is 11.7. The van der Waals surface area contributed by atoms with Gasteiger partial charge in [0.15, 0.2) is 15.8 Å². The number of ether oxygens (including phenoxy) is 1. The van der Waals surface area contributed by atoms with Crippen LogP contribution < -0.4 is 10.6 Å². The highest BCUT2D eigenvalue weighted by molar-refractivity contribution is 14.0. The van der Waals surface area contributed by atoms with Crippen LogP contribution in [0.2, 0.25) is 5.02 Å². The lowest BCUT2D eigenvalue weighted by molar-refractivity contribution is 0.0513. The van der Waals surface area contributed by atoms with Gasteiger partial charge in [-0.3, -0.25) is 4.99 Å². The minimum absolute atomic E-state index is 0. The Morgan fingerprint density at radius 3 is 2.70 bits per heavy atom. The van der Waals surface area contributed by atoms with E-state index in [1.165, 1.54) is 5.56 Å². The number of aliphatic imine (C=N–C) groups is 1. The van der Waals surface area contributed by atoms with Crippen molar-refractivity contribution < 1.29 is 13.2 Å². The van der Waals surface area contributed by atoms with E-state index >= 15 is 0 Å². The van der Waals surface area contributed by atoms with Crippen molar-refractivity contribution in [2.24, 2.45) is 4.99 Å². The zero-order chi connectivity index (χ0) is 18.6. The summed E-state index contributed by atoms with van der Waals surface area (Å²) >= 11 is 6.21. The van der Waals surface area contributed by atoms with Crippen LogP contribution in [0.5, 0.6) is 0 Å². The first kappa shape index (κ1) is 22.7. The SMILES string of the molecule is CN=C(NCC1(c2cccc(Cl)c2)CCOCC1)NC1CCS(=O)(=O)C1.I. The molecule has 0 amide bonds. The van der Waals surface area contributed by atoms with E-state index in [0.717, 1.165) is 17.9 Å². The first-order valence-corrected chi connectivity index (χ1v) is 11.1. The van der Waals surface area contributed by atoms with Crippen LogP contribution in [0.4, 0.5) is 0 Å². The Hall–Kier alpha value is -0.580. The van der Waals surface area contributed by atoms with Crippen molar-refractivity contribution in [2.45, 2.75) is 30.7 Å². The summed E-state index contributed by atoms with van der Waals surface area (Å²) in [5.74, 6) is 1.05. The zero-order valence-electron chi connectivity index (χ0n) is 15.4. The van der Waals surface area contributed by atoms with Gasteiger partial charge in [-0.25, -0.2) is 8.42 Å². The molecule has 1 aromatic carbocycles. The molecule has 6 nitrogen and oxygen atoms in total. The molecule has 1 aromatic rings. The van der Waals surface area contributed by atoms with Gasteiger partial charge in [0.25, 0.3) is 0 Å². The molecule has 2 aliphatic rings. The van der Waals surface area contributed by atoms with Gasteiger partial charge < -0.3 is 15.4 Å². The van der Waals surface area contributed by atoms with E-state index in [9.17, 15) is 8.42 Å². The number of guanidine groups is 1. The summed E-state index contributed by atoms with van der Waals surface area (Å²) in [4.78, 5) is 4.27. The molecule has 152 valence electrons. The third-order valence-electron chi connectivity index (χ3n) is 5.28. The Kier molecular flexibility index (Phi) is 8.20. The minimum atomic E-state index is -2.92. The number of nitrogens with zero attached hydrogens (tertiary/aromatic N) is 1. The van der Waals surface area contributed by atoms with E-state index < -0.39 is 9.84 Å². The molecular formula is C18H27ClIN3O3S. The van der Waals surface area contributed by atoms with E-state index in [1.54, 1.807) is 7.05 Å². The Balaban J connectivity index is 0.00000261. The Labute approximate surface area is 183 Å². The van der Waals surface area contributed by atoms with Crippen LogP contribution in [-0.2, 0) is 20.0 Å². The van der Waals surface area contributed by atoms with Crippen molar-refractivity contribution in [1.29, 1.82) is 0 Å². The average Bonchev–Trinajstić information content (AvgIpc) is 2.98. The zero-order valence-corrected chi connectivity index (χ0v) is 19.3. The highest BCUT2D eigenvalue weighted by atomic mass is 127. The number of rotatable bonds is 4. The minimum Gasteiger partial charge on any atom is -0.381 e. The highest BCUT2D eigenvalue weighted by Gasteiger charge is 2.35. The third kappa shape index (κ3) is 5.95. The van der Waals surface area contributed by atoms with Gasteiger partial charge in [0.05, 0.1) is 11.5 Å². The molecular weight excluding hydrogens is 501 g/mol. The van der Waals surface area contributed by atoms with Crippen LogP contribution in [-0.4, -0.2) is 58.7 Å². The molecule has 27 heavy (non-hydrogen) atoms. The molecule has 1 unspecified atom stereocenters. The molecule has 1 atom stereocenters. The van der Waals surface area contributed by atoms with Gasteiger partial charge in [0.1, 0.15) is 0 Å². The summed E-state index contributed by atoms with van der Waals surface area (Å²) in [5, 5.41) is 7.37. The van der Waals surface area contributed by atoms with Crippen molar-refractivity contribution >= 4 is 51.4 Å². The summed E-state index contributed by atoms with van der Waals surface area (Å²) in [6.45, 7) is 2.11. The number of nitrogens with one attached hydrogen (secondary N) is 2. The Morgan fingerprint density at radius 1 is 1.37 bits per heavy atom. The van der Waals surface area contributed by atoms with E-state index in [2.05, 4.69) is 21.7 Å². The topological polar surface area (TPSA) is 79.8 Å². The van der Waals surface area contributed by atoms with E-state index in [-0.39, 0.29) is 46.9 Å². The fraction of sp³-hybridized carbons (Fsp3) is 0.611. The van der Waals surface area contributed by atoms with E-state index in [0.29, 0.717) is 32.1 Å². The monoisotopic (exact) mass is 527 g/mol. The third-order valence-corrected chi connectivity index (χ3v) is 7.28. The number of hydrogen-bond donors (Lipinski definition) is 2. The predicted molar refractivity (Wildman–Crippen MR) is 120 cm³/mol. The molecule has 0 aliphatic carbocycles. The Bertz CT molecular complexity index is 767. The first-order chi connectivity index (χ1) is 12.4. The summed E-state index contributed by atoms with van der Waals surface area (Å²) in [7, 11) is -1.22. The van der Waals surface area contributed by atoms with Gasteiger partial charge in [-0.1, -0.05) is 23.7 Å². The molecule has 2 heterocycles. The summed E-state index contributed by atoms with van der Waals surface area (Å²) in [5.41, 5.74) is 1.11. The van der Waals surface area contributed by atoms with Crippen LogP contribution in [0.15, 0.2) is 29.3 Å². The second-order valence-electron chi connectivity index (χ2n) is 7.07. The van der Waals surface area contributed by atoms with Gasteiger partial charge in [-0.15, -0.1) is 24.0 Å². The maximum Gasteiger partial charge on any atom is 0.191 e. The molecule has 0 bridgehead atoms. The summed E-state index contributed by atoms with van der Waals surface area (Å²) in [6, 6.07) is 7.91. The van der Waals surface area contributed by atoms with Crippen molar-refractivity contribution in [2.75, 3.05) is 38.3 Å². The van der Waals surface area contributed by atoms with Gasteiger partial charge in [-0.05, 0) is 37.0 Å². The average molecular weight is 528 g/mol. The smallest absolute Gasteiger partial charge is 0.191 e. The van der Waals surface area contributed by atoms with Crippen LogP contribution in [0.1, 0.15) is 24.8 Å². The lowest BCUT2D eigenvalue weighted by Crippen LogP contribution is -2.50. The van der Waals surface area contributed by atoms with Gasteiger partial charge in [0.2, 0.25) is 0 Å². The fourth-order valence-corrected chi connectivity index (χ4v) is 5.56. The van der Waals surface area contributed by atoms with Crippen molar-refractivity contribution in [3.8, 4) is 0 Å². The van der Waals surface area contributed by atoms with Crippen LogP contribution >= 0.6 is 35.6 Å². The van der Waals surface area contributed by atoms with Crippen molar-refractivity contribution in [3.05, 3.63) is 34.9 Å². The molecule has 2 saturated heterocycles. The van der Waals surface area contributed by atoms with Crippen molar-refractivity contribution in [3.63, 3.8) is 0 Å². The van der Waals surface area contributed by atoms with E-state index in [4.69, 9.17) is 16.3 Å². The van der Waals surface area contributed by atoms with Crippen molar-refractivity contribution in [1.82, 2.24) is 10.6 Å². The van der Waals surface area contributed by atoms with Crippen LogP contribution in [0.25, 0.3) is 0 Å². The molecule has 0 radical (unpaired) electrons. The molecule has 0 spiro atoms. The second kappa shape index (κ2) is 9.76. The van der Waals surface area contributed by atoms with E-state index in [1.807, 2.05) is 18.2 Å². The van der Waals surface area contributed by atoms with Crippen LogP contribution in [0, 0.1) is 0 Å². The van der Waals surface area contributed by atoms with Gasteiger partial charge in [0, 0.05) is 43.3 Å². The molecule has 2 fully saturated rings. The quantitative estimate of drug-likeness (QED) is 0.357. The number of benzene rings is 1. The lowest BCUT2D eigenvalue weighted by Gasteiger charge is -2.38. The predicted octanol–water partition coefficient (Wildman–Crippen LogP) is 2.36. The number of sulfone groups is 1. The van der Waals surface area contributed by atoms with Gasteiger partial charge in [-0.2, -0.15) is 0 Å². The number of halogens is 2. The van der Waals surface area contributed by atoms with Crippen LogP contribution in [0.3, 0.4) is 0 Å². The standard InChI is InChI=1S/C18H26ClN3O3S.HI/c1-20-17(22-16-5-10-26(23,24)12-16)21-13-18(6-8-25-9-7-18)14-3-2-4-15(19)11-14;/h2-4,11,16H,5-10,12-13H2,1H3,(H2,20,21,22);1H. The lowest BCUT2D eigenvalue weighted by atomic mass is 9.74. The molecule has 0 saturated carbocycles. The Morgan fingerprint density at radius 2 is 2.11 bits per heavy atom. The maximum absolute atomic E-state index is 11.7. The summed E-state index contributed by atoms with van der Waals surface area (Å²) < 4.78 is 28.9. The molecule has 2 aliphatic heterocycles. The molecule has 3 rings (SSSR count). The summed E-state index contributed by atoms with van der Waals surface area (Å²) in [6.07, 6.45) is 2.42. The molecule has 9 heteroatoms. The highest BCUT2D eigenvalue weighted by Crippen LogP contribution is 2.35. The fourth-order valence-electron chi connectivity index (χ4n) is 3.70. The molecule has 2 N–H and O–H groups in total. The van der Waals surface area contributed by atoms with Gasteiger partial charge >= 0.3 is 0 Å². The second-order valence-corrected chi connectivity index (χ2v) is 9.74. The number of hydrogen-bond acceptors (Lipinski definition) is 4. The first-order valence-electron chi connectivity index (χ1n) is 8.94.